The summed E-state index contributed by atoms with van der Waals surface area (Å²) >= 11 is 0. The molecule has 1 N–H and O–H groups in total. The van der Waals surface area contributed by atoms with Gasteiger partial charge in [0.2, 0.25) is 0 Å². The van der Waals surface area contributed by atoms with E-state index >= 15 is 0 Å². The van der Waals surface area contributed by atoms with Crippen molar-refractivity contribution in [2.75, 3.05) is 19.8 Å². The fourth-order valence-electron chi connectivity index (χ4n) is 3.14. The Hall–Kier alpha value is -1.17. The molecular formula is C16H21FO4. The molecule has 3 rings (SSSR count). The van der Waals surface area contributed by atoms with Crippen LogP contribution in [0.1, 0.15) is 31.2 Å². The van der Waals surface area contributed by atoms with Gasteiger partial charge in [-0.2, -0.15) is 0 Å². The lowest BCUT2D eigenvalue weighted by molar-refractivity contribution is -0.155. The van der Waals surface area contributed by atoms with E-state index in [1.165, 1.54) is 12.1 Å². The maximum Gasteiger partial charge on any atom is 0.125 e. The maximum absolute atomic E-state index is 13.2. The minimum absolute atomic E-state index is 0.0348. The average Bonchev–Trinajstić information content (AvgIpc) is 2.50. The zero-order valence-corrected chi connectivity index (χ0v) is 12.0. The van der Waals surface area contributed by atoms with Crippen LogP contribution in [0, 0.1) is 5.82 Å². The first-order valence-electron chi connectivity index (χ1n) is 7.48. The van der Waals surface area contributed by atoms with E-state index in [1.54, 1.807) is 6.07 Å². The molecule has 5 heteroatoms. The highest BCUT2D eigenvalue weighted by atomic mass is 19.1. The molecule has 2 saturated heterocycles. The summed E-state index contributed by atoms with van der Waals surface area (Å²) in [7, 11) is 0. The molecule has 0 radical (unpaired) electrons. The van der Waals surface area contributed by atoms with Crippen molar-refractivity contribution in [1.82, 2.24) is 0 Å². The Labute approximate surface area is 123 Å². The van der Waals surface area contributed by atoms with Gasteiger partial charge in [0.1, 0.15) is 17.7 Å². The molecule has 0 aliphatic carbocycles. The molecular weight excluding hydrogens is 275 g/mol. The van der Waals surface area contributed by atoms with E-state index in [-0.39, 0.29) is 24.1 Å². The first kappa shape index (κ1) is 14.8. The van der Waals surface area contributed by atoms with Crippen molar-refractivity contribution in [3.05, 3.63) is 29.6 Å². The quantitative estimate of drug-likeness (QED) is 0.930. The summed E-state index contributed by atoms with van der Waals surface area (Å²) in [5.41, 5.74) is 0.350. The fourth-order valence-corrected chi connectivity index (χ4v) is 3.14. The van der Waals surface area contributed by atoms with Crippen LogP contribution < -0.4 is 4.74 Å². The van der Waals surface area contributed by atoms with Crippen LogP contribution >= 0.6 is 0 Å². The summed E-state index contributed by atoms with van der Waals surface area (Å²) in [4.78, 5) is 0. The van der Waals surface area contributed by atoms with E-state index in [9.17, 15) is 9.50 Å². The Morgan fingerprint density at radius 1 is 1.29 bits per heavy atom. The van der Waals surface area contributed by atoms with Crippen LogP contribution in [0.5, 0.6) is 5.75 Å². The molecule has 0 aromatic heterocycles. The Bertz CT molecular complexity index is 480. The molecule has 0 saturated carbocycles. The molecule has 1 unspecified atom stereocenters. The standard InChI is InChI=1S/C16H21FO4/c17-13-1-2-15(12(9-13)11-18)21-14-3-6-20-16(10-14)4-7-19-8-5-16/h1-2,9,14,18H,3-8,10-11H2. The Morgan fingerprint density at radius 2 is 2.10 bits per heavy atom. The summed E-state index contributed by atoms with van der Waals surface area (Å²) in [6.45, 7) is 1.89. The van der Waals surface area contributed by atoms with E-state index < -0.39 is 0 Å². The van der Waals surface area contributed by atoms with Crippen molar-refractivity contribution in [3.63, 3.8) is 0 Å². The van der Waals surface area contributed by atoms with Crippen molar-refractivity contribution >= 4 is 0 Å². The molecule has 2 aliphatic heterocycles. The number of aliphatic hydroxyl groups is 1. The summed E-state index contributed by atoms with van der Waals surface area (Å²) in [5, 5.41) is 9.33. The smallest absolute Gasteiger partial charge is 0.125 e. The van der Waals surface area contributed by atoms with E-state index in [2.05, 4.69) is 0 Å². The second-order valence-electron chi connectivity index (χ2n) is 5.79. The number of benzene rings is 1. The van der Waals surface area contributed by atoms with Crippen LogP contribution in [-0.2, 0) is 16.1 Å². The van der Waals surface area contributed by atoms with Crippen molar-refractivity contribution in [2.24, 2.45) is 0 Å². The van der Waals surface area contributed by atoms with E-state index in [1.807, 2.05) is 0 Å². The van der Waals surface area contributed by atoms with Crippen molar-refractivity contribution in [3.8, 4) is 5.75 Å². The average molecular weight is 296 g/mol. The number of halogens is 1. The van der Waals surface area contributed by atoms with Crippen LogP contribution in [-0.4, -0.2) is 36.6 Å². The van der Waals surface area contributed by atoms with Gasteiger partial charge in [0, 0.05) is 31.6 Å². The Kier molecular flexibility index (Phi) is 4.42. The normalized spacial score (nSPS) is 25.0. The molecule has 0 amide bonds. The monoisotopic (exact) mass is 296 g/mol. The lowest BCUT2D eigenvalue weighted by Gasteiger charge is -2.43. The predicted octanol–water partition coefficient (Wildman–Crippen LogP) is 2.43. The Balaban J connectivity index is 1.70. The topological polar surface area (TPSA) is 47.9 Å². The molecule has 2 fully saturated rings. The molecule has 21 heavy (non-hydrogen) atoms. The van der Waals surface area contributed by atoms with Crippen LogP contribution in [0.4, 0.5) is 4.39 Å². The number of rotatable bonds is 3. The molecule has 1 spiro atoms. The zero-order valence-electron chi connectivity index (χ0n) is 12.0. The van der Waals surface area contributed by atoms with Gasteiger partial charge in [-0.05, 0) is 31.0 Å². The number of ether oxygens (including phenoxy) is 3. The lowest BCUT2D eigenvalue weighted by Crippen LogP contribution is -2.47. The molecule has 4 nitrogen and oxygen atoms in total. The summed E-state index contributed by atoms with van der Waals surface area (Å²) in [6.07, 6.45) is 3.45. The maximum atomic E-state index is 13.2. The van der Waals surface area contributed by atoms with E-state index in [0.717, 1.165) is 38.9 Å². The van der Waals surface area contributed by atoms with E-state index in [4.69, 9.17) is 14.2 Å². The van der Waals surface area contributed by atoms with Gasteiger partial charge >= 0.3 is 0 Å². The van der Waals surface area contributed by atoms with Crippen LogP contribution in [0.3, 0.4) is 0 Å². The first-order valence-corrected chi connectivity index (χ1v) is 7.48. The molecule has 116 valence electrons. The third-order valence-corrected chi connectivity index (χ3v) is 4.34. The Morgan fingerprint density at radius 3 is 2.86 bits per heavy atom. The van der Waals surface area contributed by atoms with E-state index in [0.29, 0.717) is 17.9 Å². The molecule has 1 aromatic carbocycles. The van der Waals surface area contributed by atoms with Gasteiger partial charge in [-0.25, -0.2) is 4.39 Å². The van der Waals surface area contributed by atoms with Crippen LogP contribution in [0.2, 0.25) is 0 Å². The SMILES string of the molecule is OCc1cc(F)ccc1OC1CCOC2(CCOCC2)C1. The van der Waals surface area contributed by atoms with Crippen molar-refractivity contribution in [2.45, 2.75) is 44.0 Å². The van der Waals surface area contributed by atoms with Crippen molar-refractivity contribution in [1.29, 1.82) is 0 Å². The molecule has 0 bridgehead atoms. The van der Waals surface area contributed by atoms with Gasteiger partial charge in [-0.1, -0.05) is 0 Å². The van der Waals surface area contributed by atoms with Gasteiger partial charge in [-0.3, -0.25) is 0 Å². The third kappa shape index (κ3) is 3.36. The number of hydrogen-bond acceptors (Lipinski definition) is 4. The van der Waals surface area contributed by atoms with Gasteiger partial charge in [0.25, 0.3) is 0 Å². The molecule has 2 aliphatic rings. The van der Waals surface area contributed by atoms with Crippen LogP contribution in [0.25, 0.3) is 0 Å². The summed E-state index contributed by atoms with van der Waals surface area (Å²) in [5.74, 6) is 0.201. The lowest BCUT2D eigenvalue weighted by atomic mass is 9.85. The molecule has 2 heterocycles. The summed E-state index contributed by atoms with van der Waals surface area (Å²) < 4.78 is 30.6. The second kappa shape index (κ2) is 6.30. The largest absolute Gasteiger partial charge is 0.490 e. The second-order valence-corrected chi connectivity index (χ2v) is 5.79. The number of hydrogen-bond donors (Lipinski definition) is 1. The fraction of sp³-hybridized carbons (Fsp3) is 0.625. The molecule has 1 atom stereocenters. The predicted molar refractivity (Wildman–Crippen MR) is 74.7 cm³/mol. The van der Waals surface area contributed by atoms with Gasteiger partial charge in [-0.15, -0.1) is 0 Å². The highest BCUT2D eigenvalue weighted by Gasteiger charge is 2.40. The highest BCUT2D eigenvalue weighted by Crippen LogP contribution is 2.36. The van der Waals surface area contributed by atoms with Gasteiger partial charge < -0.3 is 19.3 Å². The third-order valence-electron chi connectivity index (χ3n) is 4.34. The zero-order chi connectivity index (χ0) is 14.7. The highest BCUT2D eigenvalue weighted by molar-refractivity contribution is 5.33. The van der Waals surface area contributed by atoms with Gasteiger partial charge in [0.05, 0.1) is 18.8 Å². The van der Waals surface area contributed by atoms with Crippen LogP contribution in [0.15, 0.2) is 18.2 Å². The molecule has 1 aromatic rings. The number of aliphatic hydroxyl groups excluding tert-OH is 1. The minimum Gasteiger partial charge on any atom is -0.490 e. The summed E-state index contributed by atoms with van der Waals surface area (Å²) in [6, 6.07) is 4.27. The minimum atomic E-state index is -0.362. The van der Waals surface area contributed by atoms with Gasteiger partial charge in [0.15, 0.2) is 0 Å². The van der Waals surface area contributed by atoms with Crippen molar-refractivity contribution < 1.29 is 23.7 Å². The first-order chi connectivity index (χ1) is 10.2.